The number of aryl methyl sites for hydroxylation is 2. The van der Waals surface area contributed by atoms with Gasteiger partial charge in [0, 0.05) is 24.9 Å². The molecule has 0 radical (unpaired) electrons. The Morgan fingerprint density at radius 3 is 2.55 bits per heavy atom. The number of anilines is 1. The fourth-order valence-electron chi connectivity index (χ4n) is 3.90. The fourth-order valence-corrected chi connectivity index (χ4v) is 3.90. The van der Waals surface area contributed by atoms with Crippen LogP contribution < -0.4 is 10.9 Å². The molecule has 1 amide bonds. The fraction of sp³-hybridized carbons (Fsp3) is 0.0870. The molecular weight excluding hydrogens is 364 g/mol. The van der Waals surface area contributed by atoms with Crippen molar-refractivity contribution < 1.29 is 4.79 Å². The third-order valence-electron chi connectivity index (χ3n) is 5.37. The zero-order chi connectivity index (χ0) is 20.1. The molecule has 6 nitrogen and oxygen atoms in total. The van der Waals surface area contributed by atoms with Crippen LogP contribution in [0.1, 0.15) is 10.5 Å². The number of carbonyl (C=O) groups excluding carboxylic acids is 1. The van der Waals surface area contributed by atoms with Gasteiger partial charge in [0.25, 0.3) is 11.5 Å². The van der Waals surface area contributed by atoms with E-state index in [1.54, 1.807) is 28.4 Å². The second-order valence-corrected chi connectivity index (χ2v) is 7.10. The van der Waals surface area contributed by atoms with Gasteiger partial charge in [0.1, 0.15) is 5.69 Å². The molecule has 142 valence electrons. The standard InChI is InChI=1S/C23H18N4O2/c1-26-20(22(28)25-15-11-14-7-3-5-9-18(14)24-13-15)12-17-21(26)16-8-4-6-10-19(16)27(2)23(17)29/h3-13H,1-2H3,(H,25,28). The van der Waals surface area contributed by atoms with Gasteiger partial charge >= 0.3 is 0 Å². The molecule has 0 aliphatic heterocycles. The molecule has 3 heterocycles. The van der Waals surface area contributed by atoms with Crippen LogP contribution in [-0.4, -0.2) is 20.0 Å². The summed E-state index contributed by atoms with van der Waals surface area (Å²) in [6, 6.07) is 19.0. The summed E-state index contributed by atoms with van der Waals surface area (Å²) >= 11 is 0. The lowest BCUT2D eigenvalue weighted by Gasteiger charge is -2.09. The van der Waals surface area contributed by atoms with Crippen LogP contribution in [0.25, 0.3) is 32.7 Å². The van der Waals surface area contributed by atoms with Crippen molar-refractivity contribution in [2.75, 3.05) is 5.32 Å². The minimum absolute atomic E-state index is 0.124. The van der Waals surface area contributed by atoms with Crippen molar-refractivity contribution >= 4 is 44.3 Å². The van der Waals surface area contributed by atoms with Crippen molar-refractivity contribution in [3.05, 3.63) is 82.9 Å². The normalized spacial score (nSPS) is 11.4. The number of pyridine rings is 2. The molecule has 2 aromatic carbocycles. The predicted octanol–water partition coefficient (Wildman–Crippen LogP) is 3.83. The number of carbonyl (C=O) groups is 1. The van der Waals surface area contributed by atoms with Crippen LogP contribution >= 0.6 is 0 Å². The Morgan fingerprint density at radius 1 is 0.931 bits per heavy atom. The summed E-state index contributed by atoms with van der Waals surface area (Å²) in [6.07, 6.45) is 1.64. The smallest absolute Gasteiger partial charge is 0.272 e. The van der Waals surface area contributed by atoms with Gasteiger partial charge in [0.2, 0.25) is 0 Å². The van der Waals surface area contributed by atoms with Gasteiger partial charge in [-0.25, -0.2) is 0 Å². The number of nitrogens with zero attached hydrogens (tertiary/aromatic N) is 3. The first kappa shape index (κ1) is 17.2. The molecule has 0 fully saturated rings. The van der Waals surface area contributed by atoms with Crippen molar-refractivity contribution in [1.29, 1.82) is 0 Å². The summed E-state index contributed by atoms with van der Waals surface area (Å²) in [5.74, 6) is -0.285. The summed E-state index contributed by atoms with van der Waals surface area (Å²) < 4.78 is 3.40. The van der Waals surface area contributed by atoms with Crippen LogP contribution in [0.4, 0.5) is 5.69 Å². The van der Waals surface area contributed by atoms with Crippen LogP contribution in [0, 0.1) is 0 Å². The van der Waals surface area contributed by atoms with Crippen molar-refractivity contribution in [2.24, 2.45) is 14.1 Å². The zero-order valence-corrected chi connectivity index (χ0v) is 16.0. The Hall–Kier alpha value is -3.93. The average molecular weight is 382 g/mol. The van der Waals surface area contributed by atoms with Crippen LogP contribution in [0.15, 0.2) is 71.7 Å². The van der Waals surface area contributed by atoms with E-state index in [9.17, 15) is 9.59 Å². The second kappa shape index (κ2) is 6.31. The number of hydrogen-bond donors (Lipinski definition) is 1. The highest BCUT2D eigenvalue weighted by Gasteiger charge is 2.19. The quantitative estimate of drug-likeness (QED) is 0.504. The van der Waals surface area contributed by atoms with Crippen LogP contribution in [0.2, 0.25) is 0 Å². The van der Waals surface area contributed by atoms with E-state index in [-0.39, 0.29) is 11.5 Å². The predicted molar refractivity (Wildman–Crippen MR) is 115 cm³/mol. The topological polar surface area (TPSA) is 68.9 Å². The van der Waals surface area contributed by atoms with E-state index in [2.05, 4.69) is 10.3 Å². The van der Waals surface area contributed by atoms with Crippen LogP contribution in [-0.2, 0) is 14.1 Å². The highest BCUT2D eigenvalue weighted by atomic mass is 16.2. The van der Waals surface area contributed by atoms with E-state index >= 15 is 0 Å². The molecule has 0 bridgehead atoms. The number of benzene rings is 2. The number of para-hydroxylation sites is 2. The molecule has 0 aliphatic carbocycles. The SMILES string of the molecule is Cn1c(C(=O)Nc2cnc3ccccc3c2)cc2c(=O)n(C)c3ccccc3c21. The number of rotatable bonds is 2. The molecule has 0 spiro atoms. The first-order valence-corrected chi connectivity index (χ1v) is 9.28. The van der Waals surface area contributed by atoms with Gasteiger partial charge in [0.05, 0.1) is 33.8 Å². The molecule has 6 heteroatoms. The van der Waals surface area contributed by atoms with E-state index in [0.717, 1.165) is 27.3 Å². The summed E-state index contributed by atoms with van der Waals surface area (Å²) in [5, 5.41) is 5.30. The second-order valence-electron chi connectivity index (χ2n) is 7.10. The number of aromatic nitrogens is 3. The van der Waals surface area contributed by atoms with E-state index in [1.165, 1.54) is 0 Å². The molecule has 0 atom stereocenters. The zero-order valence-electron chi connectivity index (χ0n) is 16.0. The first-order chi connectivity index (χ1) is 14.0. The van der Waals surface area contributed by atoms with Gasteiger partial charge < -0.3 is 14.5 Å². The Balaban J connectivity index is 1.63. The number of amides is 1. The van der Waals surface area contributed by atoms with Gasteiger partial charge in [-0.1, -0.05) is 36.4 Å². The molecule has 0 aliphatic rings. The largest absolute Gasteiger partial charge is 0.339 e. The number of fused-ring (bicyclic) bond motifs is 4. The van der Waals surface area contributed by atoms with Gasteiger partial charge in [0.15, 0.2) is 0 Å². The lowest BCUT2D eigenvalue weighted by molar-refractivity contribution is 0.102. The first-order valence-electron chi connectivity index (χ1n) is 9.28. The third kappa shape index (κ3) is 2.61. The van der Waals surface area contributed by atoms with Gasteiger partial charge in [-0.05, 0) is 24.3 Å². The molecule has 29 heavy (non-hydrogen) atoms. The molecule has 1 N–H and O–H groups in total. The third-order valence-corrected chi connectivity index (χ3v) is 5.37. The Bertz CT molecular complexity index is 1490. The summed E-state index contributed by atoms with van der Waals surface area (Å²) in [5.41, 5.74) is 3.35. The maximum absolute atomic E-state index is 13.0. The summed E-state index contributed by atoms with van der Waals surface area (Å²) in [6.45, 7) is 0. The minimum Gasteiger partial charge on any atom is -0.339 e. The molecule has 5 rings (SSSR count). The van der Waals surface area contributed by atoms with Gasteiger partial charge in [-0.15, -0.1) is 0 Å². The Labute approximate surface area is 166 Å². The summed E-state index contributed by atoms with van der Waals surface area (Å²) in [7, 11) is 3.55. The van der Waals surface area contributed by atoms with Crippen molar-refractivity contribution in [3.8, 4) is 0 Å². The minimum atomic E-state index is -0.285. The molecular formula is C23H18N4O2. The maximum Gasteiger partial charge on any atom is 0.272 e. The van der Waals surface area contributed by atoms with E-state index in [1.807, 2.05) is 61.6 Å². The van der Waals surface area contributed by atoms with Crippen LogP contribution in [0.5, 0.6) is 0 Å². The monoisotopic (exact) mass is 382 g/mol. The van der Waals surface area contributed by atoms with Gasteiger partial charge in [-0.2, -0.15) is 0 Å². The lowest BCUT2D eigenvalue weighted by atomic mass is 10.1. The lowest BCUT2D eigenvalue weighted by Crippen LogP contribution is -2.17. The van der Waals surface area contributed by atoms with E-state index in [4.69, 9.17) is 0 Å². The number of hydrogen-bond acceptors (Lipinski definition) is 3. The molecule has 5 aromatic rings. The number of nitrogens with one attached hydrogen (secondary N) is 1. The van der Waals surface area contributed by atoms with E-state index < -0.39 is 0 Å². The van der Waals surface area contributed by atoms with Gasteiger partial charge in [-0.3, -0.25) is 14.6 Å². The molecule has 0 unspecified atom stereocenters. The van der Waals surface area contributed by atoms with Crippen molar-refractivity contribution in [1.82, 2.24) is 14.1 Å². The molecule has 0 saturated heterocycles. The maximum atomic E-state index is 13.0. The van der Waals surface area contributed by atoms with Crippen LogP contribution in [0.3, 0.4) is 0 Å². The van der Waals surface area contributed by atoms with E-state index in [0.29, 0.717) is 16.8 Å². The highest BCUT2D eigenvalue weighted by Crippen LogP contribution is 2.25. The van der Waals surface area contributed by atoms with Crippen molar-refractivity contribution in [3.63, 3.8) is 0 Å². The Morgan fingerprint density at radius 2 is 1.69 bits per heavy atom. The summed E-state index contributed by atoms with van der Waals surface area (Å²) in [4.78, 5) is 30.2. The molecule has 0 saturated carbocycles. The average Bonchev–Trinajstić information content (AvgIpc) is 3.09. The Kier molecular flexibility index (Phi) is 3.74. The van der Waals surface area contributed by atoms with Crippen molar-refractivity contribution in [2.45, 2.75) is 0 Å². The highest BCUT2D eigenvalue weighted by molar-refractivity contribution is 6.11. The molecule has 3 aromatic heterocycles.